The molecule has 2 heteroatoms. The lowest BCUT2D eigenvalue weighted by Gasteiger charge is -2.11. The first-order chi connectivity index (χ1) is 10.3. The van der Waals surface area contributed by atoms with Gasteiger partial charge in [0.2, 0.25) is 0 Å². The topological polar surface area (TPSA) is 38.9 Å². The van der Waals surface area contributed by atoms with Gasteiger partial charge >= 0.3 is 0 Å². The lowest BCUT2D eigenvalue weighted by molar-refractivity contribution is 0.519. The molecule has 0 aliphatic carbocycles. The normalized spacial score (nSPS) is 12.5. The van der Waals surface area contributed by atoms with Crippen molar-refractivity contribution in [2.45, 2.75) is 90.0 Å². The van der Waals surface area contributed by atoms with Crippen LogP contribution in [0.4, 0.5) is 0 Å². The molecule has 0 fully saturated rings. The van der Waals surface area contributed by atoms with Crippen LogP contribution in [-0.4, -0.2) is 11.0 Å². The van der Waals surface area contributed by atoms with Gasteiger partial charge < -0.3 is 5.73 Å². The smallest absolute Gasteiger partial charge is 0.0300 e. The van der Waals surface area contributed by atoms with Crippen LogP contribution in [0.3, 0.4) is 0 Å². The average Bonchev–Trinajstić information content (AvgIpc) is 2.50. The minimum Gasteiger partial charge on any atom is -0.327 e. The van der Waals surface area contributed by atoms with E-state index in [0.717, 1.165) is 12.8 Å². The third-order valence-electron chi connectivity index (χ3n) is 4.15. The molecular weight excluding hydrogens is 256 g/mol. The lowest BCUT2D eigenvalue weighted by Crippen LogP contribution is -2.22. The standard InChI is InChI=1S/C19H34N2/c1-2-3-4-5-6-7-8-9-10-11-14-19(20)16-18-13-12-15-21-17-18/h12-13,15,17,19H,2-11,14,16,20H2,1H3. The molecule has 21 heavy (non-hydrogen) atoms. The summed E-state index contributed by atoms with van der Waals surface area (Å²) in [5.74, 6) is 0. The van der Waals surface area contributed by atoms with Crippen LogP contribution in [0.5, 0.6) is 0 Å². The fourth-order valence-corrected chi connectivity index (χ4v) is 2.82. The molecule has 0 radical (unpaired) electrons. The van der Waals surface area contributed by atoms with Gasteiger partial charge in [-0.1, -0.05) is 77.2 Å². The summed E-state index contributed by atoms with van der Waals surface area (Å²) < 4.78 is 0. The monoisotopic (exact) mass is 290 g/mol. The van der Waals surface area contributed by atoms with E-state index in [1.165, 1.54) is 69.8 Å². The molecule has 120 valence electrons. The molecule has 1 atom stereocenters. The van der Waals surface area contributed by atoms with Crippen LogP contribution in [0.25, 0.3) is 0 Å². The largest absolute Gasteiger partial charge is 0.327 e. The average molecular weight is 290 g/mol. The van der Waals surface area contributed by atoms with Crippen molar-refractivity contribution in [2.75, 3.05) is 0 Å². The van der Waals surface area contributed by atoms with Gasteiger partial charge in [-0.25, -0.2) is 0 Å². The number of hydrogen-bond acceptors (Lipinski definition) is 2. The third-order valence-corrected chi connectivity index (χ3v) is 4.15. The van der Waals surface area contributed by atoms with Gasteiger partial charge in [0.1, 0.15) is 0 Å². The molecule has 1 heterocycles. The number of pyridine rings is 1. The molecule has 2 nitrogen and oxygen atoms in total. The molecule has 0 spiro atoms. The Labute approximate surface area is 131 Å². The summed E-state index contributed by atoms with van der Waals surface area (Å²) in [6, 6.07) is 4.40. The van der Waals surface area contributed by atoms with Gasteiger partial charge in [0.15, 0.2) is 0 Å². The highest BCUT2D eigenvalue weighted by molar-refractivity contribution is 5.09. The first kappa shape index (κ1) is 18.2. The van der Waals surface area contributed by atoms with E-state index in [1.54, 1.807) is 0 Å². The van der Waals surface area contributed by atoms with Crippen LogP contribution in [0.15, 0.2) is 24.5 Å². The van der Waals surface area contributed by atoms with E-state index in [4.69, 9.17) is 5.73 Å². The fraction of sp³-hybridized carbons (Fsp3) is 0.737. The Morgan fingerprint density at radius 2 is 1.57 bits per heavy atom. The van der Waals surface area contributed by atoms with E-state index in [2.05, 4.69) is 18.0 Å². The molecule has 0 bridgehead atoms. The summed E-state index contributed by atoms with van der Waals surface area (Å²) in [6.45, 7) is 2.28. The molecule has 1 rings (SSSR count). The van der Waals surface area contributed by atoms with Crippen LogP contribution in [0, 0.1) is 0 Å². The maximum atomic E-state index is 6.19. The highest BCUT2D eigenvalue weighted by atomic mass is 14.6. The number of rotatable bonds is 13. The number of unbranched alkanes of at least 4 members (excludes halogenated alkanes) is 9. The maximum absolute atomic E-state index is 6.19. The van der Waals surface area contributed by atoms with Gasteiger partial charge in [-0.3, -0.25) is 4.98 Å². The maximum Gasteiger partial charge on any atom is 0.0300 e. The Kier molecular flexibility index (Phi) is 11.1. The second-order valence-electron chi connectivity index (χ2n) is 6.30. The molecule has 2 N–H and O–H groups in total. The van der Waals surface area contributed by atoms with Gasteiger partial charge in [0.25, 0.3) is 0 Å². The number of nitrogens with zero attached hydrogens (tertiary/aromatic N) is 1. The Morgan fingerprint density at radius 3 is 2.14 bits per heavy atom. The van der Waals surface area contributed by atoms with Gasteiger partial charge in [-0.2, -0.15) is 0 Å². The van der Waals surface area contributed by atoms with Crippen molar-refractivity contribution in [3.8, 4) is 0 Å². The predicted octanol–water partition coefficient (Wildman–Crippen LogP) is 5.26. The van der Waals surface area contributed by atoms with E-state index < -0.39 is 0 Å². The van der Waals surface area contributed by atoms with Crippen molar-refractivity contribution in [3.63, 3.8) is 0 Å². The van der Waals surface area contributed by atoms with E-state index in [0.29, 0.717) is 6.04 Å². The predicted molar refractivity (Wildman–Crippen MR) is 92.4 cm³/mol. The summed E-state index contributed by atoms with van der Waals surface area (Å²) in [4.78, 5) is 4.14. The summed E-state index contributed by atoms with van der Waals surface area (Å²) in [5.41, 5.74) is 7.45. The molecule has 0 amide bonds. The van der Waals surface area contributed by atoms with Crippen LogP contribution >= 0.6 is 0 Å². The summed E-state index contributed by atoms with van der Waals surface area (Å²) in [7, 11) is 0. The molecule has 1 aromatic heterocycles. The van der Waals surface area contributed by atoms with Gasteiger partial charge in [0.05, 0.1) is 0 Å². The van der Waals surface area contributed by atoms with Crippen molar-refractivity contribution in [1.82, 2.24) is 4.98 Å². The van der Waals surface area contributed by atoms with Crippen LogP contribution in [-0.2, 0) is 6.42 Å². The first-order valence-electron chi connectivity index (χ1n) is 8.97. The van der Waals surface area contributed by atoms with E-state index >= 15 is 0 Å². The van der Waals surface area contributed by atoms with Crippen molar-refractivity contribution in [2.24, 2.45) is 5.73 Å². The molecule has 1 unspecified atom stereocenters. The van der Waals surface area contributed by atoms with Crippen molar-refractivity contribution >= 4 is 0 Å². The zero-order valence-electron chi connectivity index (χ0n) is 13.9. The zero-order chi connectivity index (χ0) is 15.2. The Bertz CT molecular complexity index is 324. The number of hydrogen-bond donors (Lipinski definition) is 1. The molecule has 0 aliphatic rings. The molecular formula is C19H34N2. The third kappa shape index (κ3) is 10.5. The van der Waals surface area contributed by atoms with E-state index in [9.17, 15) is 0 Å². The highest BCUT2D eigenvalue weighted by Crippen LogP contribution is 2.12. The van der Waals surface area contributed by atoms with Crippen LogP contribution in [0.2, 0.25) is 0 Å². The Hall–Kier alpha value is -0.890. The van der Waals surface area contributed by atoms with Crippen LogP contribution in [0.1, 0.15) is 83.1 Å². The Morgan fingerprint density at radius 1 is 0.952 bits per heavy atom. The molecule has 0 aliphatic heterocycles. The molecule has 0 aromatic carbocycles. The lowest BCUT2D eigenvalue weighted by atomic mass is 10.0. The summed E-state index contributed by atoms with van der Waals surface area (Å²) >= 11 is 0. The van der Waals surface area contributed by atoms with Crippen molar-refractivity contribution < 1.29 is 0 Å². The summed E-state index contributed by atoms with van der Waals surface area (Å²) in [5, 5.41) is 0. The second kappa shape index (κ2) is 12.8. The van der Waals surface area contributed by atoms with Crippen molar-refractivity contribution in [3.05, 3.63) is 30.1 Å². The molecule has 0 saturated carbocycles. The number of nitrogens with two attached hydrogens (primary N) is 1. The zero-order valence-corrected chi connectivity index (χ0v) is 13.9. The van der Waals surface area contributed by atoms with Crippen molar-refractivity contribution in [1.29, 1.82) is 0 Å². The highest BCUT2D eigenvalue weighted by Gasteiger charge is 2.03. The molecule has 1 aromatic rings. The first-order valence-corrected chi connectivity index (χ1v) is 8.97. The minimum atomic E-state index is 0.295. The van der Waals surface area contributed by atoms with E-state index in [-0.39, 0.29) is 0 Å². The SMILES string of the molecule is CCCCCCCCCCCCC(N)Cc1cccnc1. The van der Waals surface area contributed by atoms with E-state index in [1.807, 2.05) is 18.5 Å². The second-order valence-corrected chi connectivity index (χ2v) is 6.30. The molecule has 0 saturated heterocycles. The fourth-order valence-electron chi connectivity index (χ4n) is 2.82. The number of aromatic nitrogens is 1. The summed E-state index contributed by atoms with van der Waals surface area (Å²) in [6.07, 6.45) is 19.7. The minimum absolute atomic E-state index is 0.295. The van der Waals surface area contributed by atoms with Gasteiger partial charge in [-0.05, 0) is 24.5 Å². The van der Waals surface area contributed by atoms with Crippen LogP contribution < -0.4 is 5.73 Å². The van der Waals surface area contributed by atoms with Gasteiger partial charge in [-0.15, -0.1) is 0 Å². The Balaban J connectivity index is 1.87. The van der Waals surface area contributed by atoms with Gasteiger partial charge in [0, 0.05) is 18.4 Å². The quantitative estimate of drug-likeness (QED) is 0.503.